The fourth-order valence-corrected chi connectivity index (χ4v) is 4.11. The smallest absolute Gasteiger partial charge is 0.332 e. The number of benzene rings is 1. The maximum atomic E-state index is 14.0. The SMILES string of the molecule is Cn1c(=O)c2c(ncn2CC(=O)NCCn2ncc3c(=O)n(Cc4ccccc4F)cnc32)n(C)c1=O. The quantitative estimate of drug-likeness (QED) is 0.308. The van der Waals surface area contributed by atoms with E-state index in [-0.39, 0.29) is 54.2 Å². The Morgan fingerprint density at radius 1 is 0.973 bits per heavy atom. The zero-order valence-electron chi connectivity index (χ0n) is 20.0. The molecule has 13 nitrogen and oxygen atoms in total. The van der Waals surface area contributed by atoms with Gasteiger partial charge in [-0.3, -0.25) is 28.1 Å². The molecule has 5 rings (SSSR count). The van der Waals surface area contributed by atoms with Crippen molar-refractivity contribution in [3.05, 3.63) is 85.7 Å². The molecule has 0 atom stereocenters. The molecule has 0 radical (unpaired) electrons. The zero-order valence-corrected chi connectivity index (χ0v) is 20.0. The lowest BCUT2D eigenvalue weighted by Crippen LogP contribution is -2.38. The summed E-state index contributed by atoms with van der Waals surface area (Å²) in [4.78, 5) is 58.4. The first kappa shape index (κ1) is 23.8. The average molecular weight is 507 g/mol. The number of aryl methyl sites for hydroxylation is 1. The number of rotatable bonds is 7. The Morgan fingerprint density at radius 2 is 1.70 bits per heavy atom. The van der Waals surface area contributed by atoms with Gasteiger partial charge >= 0.3 is 5.69 Å². The Kier molecular flexibility index (Phi) is 5.99. The predicted octanol–water partition coefficient (Wildman–Crippen LogP) is -0.656. The highest BCUT2D eigenvalue weighted by molar-refractivity contribution is 5.79. The summed E-state index contributed by atoms with van der Waals surface area (Å²) in [6, 6.07) is 6.20. The largest absolute Gasteiger partial charge is 0.353 e. The number of carbonyl (C=O) groups excluding carboxylic acids is 1. The number of aromatic nitrogens is 8. The highest BCUT2D eigenvalue weighted by Gasteiger charge is 2.16. The molecule has 0 saturated carbocycles. The van der Waals surface area contributed by atoms with Gasteiger partial charge in [0.1, 0.15) is 24.1 Å². The average Bonchev–Trinajstić information content (AvgIpc) is 3.49. The molecule has 1 aromatic carbocycles. The summed E-state index contributed by atoms with van der Waals surface area (Å²) in [6.45, 7) is 0.275. The Morgan fingerprint density at radius 3 is 2.49 bits per heavy atom. The molecule has 0 aliphatic heterocycles. The molecule has 37 heavy (non-hydrogen) atoms. The summed E-state index contributed by atoms with van der Waals surface area (Å²) < 4.78 is 20.4. The molecule has 4 heterocycles. The van der Waals surface area contributed by atoms with Crippen LogP contribution in [0, 0.1) is 5.82 Å². The van der Waals surface area contributed by atoms with Crippen LogP contribution in [0.2, 0.25) is 0 Å². The van der Waals surface area contributed by atoms with Crippen LogP contribution in [0.1, 0.15) is 5.56 Å². The van der Waals surface area contributed by atoms with Gasteiger partial charge in [0.25, 0.3) is 11.1 Å². The molecule has 5 aromatic rings. The second-order valence-corrected chi connectivity index (χ2v) is 8.47. The number of carbonyl (C=O) groups is 1. The number of hydrogen-bond acceptors (Lipinski definition) is 7. The number of fused-ring (bicyclic) bond motifs is 2. The van der Waals surface area contributed by atoms with Gasteiger partial charge in [-0.05, 0) is 6.07 Å². The van der Waals surface area contributed by atoms with Gasteiger partial charge in [0, 0.05) is 26.2 Å². The van der Waals surface area contributed by atoms with E-state index in [9.17, 15) is 23.6 Å². The predicted molar refractivity (Wildman–Crippen MR) is 131 cm³/mol. The van der Waals surface area contributed by atoms with Crippen molar-refractivity contribution in [2.75, 3.05) is 6.54 Å². The van der Waals surface area contributed by atoms with E-state index in [1.165, 1.54) is 57.4 Å². The van der Waals surface area contributed by atoms with Gasteiger partial charge in [-0.1, -0.05) is 18.2 Å². The molecule has 0 unspecified atom stereocenters. The minimum absolute atomic E-state index is 0.0376. The standard InChI is InChI=1S/C23H22FN9O4/c1-29-20-18(22(36)30(2)23(29)37)31(12-27-20)11-17(34)25-7-8-33-19-15(9-28-33)21(35)32(13-26-19)10-14-5-3-4-6-16(14)24/h3-6,9,12-13H,7-8,10-11H2,1-2H3,(H,25,34). The van der Waals surface area contributed by atoms with Crippen LogP contribution in [-0.4, -0.2) is 50.5 Å². The van der Waals surface area contributed by atoms with E-state index in [1.54, 1.807) is 18.2 Å². The first-order valence-corrected chi connectivity index (χ1v) is 11.3. The topological polar surface area (TPSA) is 144 Å². The normalized spacial score (nSPS) is 11.4. The van der Waals surface area contributed by atoms with E-state index in [0.717, 1.165) is 4.57 Å². The minimum Gasteiger partial charge on any atom is -0.353 e. The molecule has 190 valence electrons. The Hall–Kier alpha value is -4.88. The van der Waals surface area contributed by atoms with Gasteiger partial charge in [0.05, 0.1) is 25.6 Å². The second-order valence-electron chi connectivity index (χ2n) is 8.47. The summed E-state index contributed by atoms with van der Waals surface area (Å²) in [5.41, 5.74) is -0.360. The molecule has 14 heteroatoms. The summed E-state index contributed by atoms with van der Waals surface area (Å²) in [5.74, 6) is -0.791. The van der Waals surface area contributed by atoms with Gasteiger partial charge in [0.15, 0.2) is 16.8 Å². The third-order valence-corrected chi connectivity index (χ3v) is 6.10. The molecule has 0 aliphatic carbocycles. The minimum atomic E-state index is -0.543. The van der Waals surface area contributed by atoms with Crippen molar-refractivity contribution < 1.29 is 9.18 Å². The zero-order chi connectivity index (χ0) is 26.3. The van der Waals surface area contributed by atoms with Crippen LogP contribution in [0.25, 0.3) is 22.2 Å². The van der Waals surface area contributed by atoms with Crippen molar-refractivity contribution in [1.82, 2.24) is 43.3 Å². The molecular formula is C23H22FN9O4. The van der Waals surface area contributed by atoms with Gasteiger partial charge in [0.2, 0.25) is 5.91 Å². The maximum Gasteiger partial charge on any atom is 0.332 e. The summed E-state index contributed by atoms with van der Waals surface area (Å²) >= 11 is 0. The number of hydrogen-bond donors (Lipinski definition) is 1. The van der Waals surface area contributed by atoms with E-state index in [4.69, 9.17) is 0 Å². The fourth-order valence-electron chi connectivity index (χ4n) is 4.11. The maximum absolute atomic E-state index is 14.0. The number of nitrogens with one attached hydrogen (secondary N) is 1. The Balaban J connectivity index is 1.27. The molecule has 1 amide bonds. The van der Waals surface area contributed by atoms with Crippen LogP contribution < -0.4 is 22.1 Å². The highest BCUT2D eigenvalue weighted by atomic mass is 19.1. The Bertz CT molecular complexity index is 1840. The molecule has 0 spiro atoms. The molecule has 0 saturated heterocycles. The summed E-state index contributed by atoms with van der Waals surface area (Å²) in [7, 11) is 2.86. The van der Waals surface area contributed by atoms with Crippen molar-refractivity contribution in [1.29, 1.82) is 0 Å². The lowest BCUT2D eigenvalue weighted by molar-refractivity contribution is -0.121. The van der Waals surface area contributed by atoms with Crippen molar-refractivity contribution in [2.24, 2.45) is 14.1 Å². The van der Waals surface area contributed by atoms with Crippen molar-refractivity contribution in [3.63, 3.8) is 0 Å². The van der Waals surface area contributed by atoms with E-state index < -0.39 is 17.1 Å². The number of imidazole rings is 1. The van der Waals surface area contributed by atoms with Crippen molar-refractivity contribution >= 4 is 28.1 Å². The van der Waals surface area contributed by atoms with Gasteiger partial charge < -0.3 is 9.88 Å². The van der Waals surface area contributed by atoms with Crippen LogP contribution >= 0.6 is 0 Å². The molecular weight excluding hydrogens is 485 g/mol. The molecule has 0 fully saturated rings. The summed E-state index contributed by atoms with van der Waals surface area (Å²) in [6.07, 6.45) is 4.07. The van der Waals surface area contributed by atoms with Crippen molar-refractivity contribution in [3.8, 4) is 0 Å². The first-order chi connectivity index (χ1) is 17.8. The van der Waals surface area contributed by atoms with Gasteiger partial charge in [-0.2, -0.15) is 5.10 Å². The highest BCUT2D eigenvalue weighted by Crippen LogP contribution is 2.10. The van der Waals surface area contributed by atoms with E-state index in [0.29, 0.717) is 11.2 Å². The van der Waals surface area contributed by atoms with Gasteiger partial charge in [-0.25, -0.2) is 23.8 Å². The molecule has 1 N–H and O–H groups in total. The van der Waals surface area contributed by atoms with Crippen molar-refractivity contribution in [2.45, 2.75) is 19.6 Å². The fraction of sp³-hybridized carbons (Fsp3) is 0.261. The van der Waals surface area contributed by atoms with Crippen LogP contribution in [0.4, 0.5) is 4.39 Å². The first-order valence-electron chi connectivity index (χ1n) is 11.3. The lowest BCUT2D eigenvalue weighted by Gasteiger charge is -2.09. The number of halogens is 1. The van der Waals surface area contributed by atoms with E-state index >= 15 is 0 Å². The van der Waals surface area contributed by atoms with Crippen LogP contribution in [0.5, 0.6) is 0 Å². The van der Waals surface area contributed by atoms with Crippen LogP contribution in [0.15, 0.2) is 57.5 Å². The second kappa shape index (κ2) is 9.29. The van der Waals surface area contributed by atoms with Crippen LogP contribution in [-0.2, 0) is 38.5 Å². The molecule has 0 aliphatic rings. The third kappa shape index (κ3) is 4.22. The van der Waals surface area contributed by atoms with Crippen LogP contribution in [0.3, 0.4) is 0 Å². The number of amides is 1. The lowest BCUT2D eigenvalue weighted by atomic mass is 10.2. The third-order valence-electron chi connectivity index (χ3n) is 6.10. The van der Waals surface area contributed by atoms with Gasteiger partial charge in [-0.15, -0.1) is 0 Å². The Labute approximate surface area is 207 Å². The van der Waals surface area contributed by atoms with E-state index in [2.05, 4.69) is 20.4 Å². The number of nitrogens with zero attached hydrogens (tertiary/aromatic N) is 8. The monoisotopic (exact) mass is 507 g/mol. The summed E-state index contributed by atoms with van der Waals surface area (Å²) in [5, 5.41) is 7.21. The van der Waals surface area contributed by atoms with E-state index in [1.807, 2.05) is 0 Å². The molecule has 0 bridgehead atoms. The molecule has 4 aromatic heterocycles.